The summed E-state index contributed by atoms with van der Waals surface area (Å²) in [7, 11) is -3.72. The predicted molar refractivity (Wildman–Crippen MR) is 127 cm³/mol. The van der Waals surface area contributed by atoms with E-state index in [-0.39, 0.29) is 19.7 Å². The van der Waals surface area contributed by atoms with Crippen molar-refractivity contribution < 1.29 is 16.1 Å². The summed E-state index contributed by atoms with van der Waals surface area (Å²) in [4.78, 5) is 21.1. The lowest BCUT2D eigenvalue weighted by atomic mass is 10.1. The van der Waals surface area contributed by atoms with Gasteiger partial charge < -0.3 is 9.80 Å². The van der Waals surface area contributed by atoms with Crippen molar-refractivity contribution in [1.82, 2.24) is 4.98 Å². The molecule has 7 nitrogen and oxygen atoms in total. The summed E-state index contributed by atoms with van der Waals surface area (Å²) >= 11 is 7.53. The van der Waals surface area contributed by atoms with Crippen molar-refractivity contribution in [2.75, 3.05) is 27.6 Å². The SMILES string of the molecule is O=C1[C@H](N2CCc3c(Cl)cccc32)CCN1c1ccc(S(=O)(=O)Nc2nccs2)cc1.[HH].[HH]. The van der Waals surface area contributed by atoms with Gasteiger partial charge in [0.2, 0.25) is 5.91 Å². The van der Waals surface area contributed by atoms with Crippen LogP contribution in [0.3, 0.4) is 0 Å². The van der Waals surface area contributed by atoms with Crippen LogP contribution < -0.4 is 14.5 Å². The largest absolute Gasteiger partial charge is 0.359 e. The van der Waals surface area contributed by atoms with Crippen LogP contribution in [-0.4, -0.2) is 38.4 Å². The van der Waals surface area contributed by atoms with Crippen LogP contribution in [0.1, 0.15) is 14.8 Å². The van der Waals surface area contributed by atoms with Crippen LogP contribution in [0.15, 0.2) is 58.9 Å². The molecule has 31 heavy (non-hydrogen) atoms. The Kier molecular flexibility index (Phi) is 5.11. The average Bonchev–Trinajstić information content (AvgIpc) is 3.48. The lowest BCUT2D eigenvalue weighted by Gasteiger charge is -2.26. The van der Waals surface area contributed by atoms with Gasteiger partial charge >= 0.3 is 0 Å². The molecular formula is C21H23ClN4O3S2. The van der Waals surface area contributed by atoms with Crippen LogP contribution in [0.25, 0.3) is 0 Å². The summed E-state index contributed by atoms with van der Waals surface area (Å²) in [5.74, 6) is 0.0179. The topological polar surface area (TPSA) is 82.6 Å². The Labute approximate surface area is 192 Å². The van der Waals surface area contributed by atoms with Gasteiger partial charge in [0.15, 0.2) is 5.13 Å². The van der Waals surface area contributed by atoms with Crippen LogP contribution in [0.4, 0.5) is 16.5 Å². The van der Waals surface area contributed by atoms with Gasteiger partial charge in [-0.15, -0.1) is 11.3 Å². The van der Waals surface area contributed by atoms with Crippen molar-refractivity contribution in [1.29, 1.82) is 0 Å². The van der Waals surface area contributed by atoms with Crippen molar-refractivity contribution >= 4 is 55.4 Å². The van der Waals surface area contributed by atoms with E-state index in [4.69, 9.17) is 11.6 Å². The third kappa shape index (κ3) is 3.66. The molecule has 2 aliphatic heterocycles. The van der Waals surface area contributed by atoms with E-state index in [1.165, 1.54) is 29.7 Å². The van der Waals surface area contributed by atoms with Crippen LogP contribution in [0.5, 0.6) is 0 Å². The third-order valence-corrected chi connectivity index (χ3v) is 8.20. The second-order valence-electron chi connectivity index (χ2n) is 7.41. The Hall–Kier alpha value is -2.62. The second kappa shape index (κ2) is 7.81. The van der Waals surface area contributed by atoms with Crippen LogP contribution in [0, 0.1) is 0 Å². The fourth-order valence-corrected chi connectivity index (χ4v) is 6.26. The summed E-state index contributed by atoms with van der Waals surface area (Å²) < 4.78 is 27.5. The first-order valence-corrected chi connectivity index (χ1v) is 12.6. The Balaban J connectivity index is 0.00000153. The van der Waals surface area contributed by atoms with Gasteiger partial charge in [0.25, 0.3) is 10.0 Å². The zero-order chi connectivity index (χ0) is 21.6. The van der Waals surface area contributed by atoms with Crippen LogP contribution >= 0.6 is 22.9 Å². The number of rotatable bonds is 5. The molecule has 3 heterocycles. The number of carbonyl (C=O) groups is 1. The van der Waals surface area contributed by atoms with E-state index in [1.807, 2.05) is 18.2 Å². The van der Waals surface area contributed by atoms with Crippen molar-refractivity contribution in [3.63, 3.8) is 0 Å². The highest BCUT2D eigenvalue weighted by Gasteiger charge is 2.39. The van der Waals surface area contributed by atoms with Crippen molar-refractivity contribution in [2.45, 2.75) is 23.8 Å². The highest BCUT2D eigenvalue weighted by Crippen LogP contribution is 2.37. The van der Waals surface area contributed by atoms with Gasteiger partial charge in [-0.05, 0) is 54.8 Å². The minimum Gasteiger partial charge on any atom is -0.359 e. The zero-order valence-electron chi connectivity index (χ0n) is 16.4. The number of aromatic nitrogens is 1. The molecule has 0 bridgehead atoms. The molecule has 1 aromatic heterocycles. The maximum Gasteiger partial charge on any atom is 0.263 e. The van der Waals surface area contributed by atoms with Gasteiger partial charge in [-0.25, -0.2) is 13.4 Å². The predicted octanol–water partition coefficient (Wildman–Crippen LogP) is 4.26. The number of nitrogens with zero attached hydrogens (tertiary/aromatic N) is 3. The molecule has 1 N–H and O–H groups in total. The highest BCUT2D eigenvalue weighted by atomic mass is 35.5. The Morgan fingerprint density at radius 2 is 1.97 bits per heavy atom. The number of halogens is 1. The fourth-order valence-electron chi connectivity index (χ4n) is 4.20. The number of benzene rings is 2. The molecule has 0 saturated carbocycles. The van der Waals surface area contributed by atoms with Gasteiger partial charge in [-0.1, -0.05) is 17.7 Å². The summed E-state index contributed by atoms with van der Waals surface area (Å²) in [6.45, 7) is 1.35. The van der Waals surface area contributed by atoms with Gasteiger partial charge in [0, 0.05) is 43.9 Å². The molecule has 3 aromatic rings. The van der Waals surface area contributed by atoms with Crippen molar-refractivity contribution in [3.05, 3.63) is 64.6 Å². The van der Waals surface area contributed by atoms with Crippen molar-refractivity contribution in [2.24, 2.45) is 0 Å². The lowest BCUT2D eigenvalue weighted by molar-refractivity contribution is -0.118. The molecule has 10 heteroatoms. The van der Waals surface area contributed by atoms with Crippen LogP contribution in [0.2, 0.25) is 5.02 Å². The molecule has 0 radical (unpaired) electrons. The van der Waals surface area contributed by atoms with Gasteiger partial charge in [-0.2, -0.15) is 0 Å². The summed E-state index contributed by atoms with van der Waals surface area (Å²) in [6.07, 6.45) is 3.07. The Morgan fingerprint density at radius 1 is 1.16 bits per heavy atom. The maximum absolute atomic E-state index is 13.2. The minimum absolute atomic E-state index is 0. The third-order valence-electron chi connectivity index (χ3n) is 5.67. The molecule has 1 amide bonds. The van der Waals surface area contributed by atoms with E-state index in [0.717, 1.165) is 29.2 Å². The number of anilines is 3. The lowest BCUT2D eigenvalue weighted by Crippen LogP contribution is -2.41. The summed E-state index contributed by atoms with van der Waals surface area (Å²) in [5, 5.41) is 2.75. The number of fused-ring (bicyclic) bond motifs is 1. The number of thiazole rings is 1. The van der Waals surface area contributed by atoms with Crippen LogP contribution in [-0.2, 0) is 21.2 Å². The molecule has 0 spiro atoms. The quantitative estimate of drug-likeness (QED) is 0.592. The Morgan fingerprint density at radius 3 is 2.71 bits per heavy atom. The first-order chi connectivity index (χ1) is 14.9. The van der Waals surface area contributed by atoms with E-state index in [2.05, 4.69) is 14.6 Å². The Bertz CT molecular complexity index is 1240. The zero-order valence-corrected chi connectivity index (χ0v) is 18.8. The van der Waals surface area contributed by atoms with E-state index in [1.54, 1.807) is 22.4 Å². The molecule has 1 fully saturated rings. The van der Waals surface area contributed by atoms with E-state index in [0.29, 0.717) is 23.8 Å². The maximum atomic E-state index is 13.2. The standard InChI is InChI=1S/C21H19ClN4O3S2.2H2/c22-17-2-1-3-18-16(17)8-11-26(18)19-9-12-25(20(19)27)14-4-6-15(7-5-14)31(28,29)24-21-23-10-13-30-21;;/h1-7,10,13,19H,8-9,11-12H2,(H,23,24);2*1H/t19-;;/m1../s1. The molecule has 5 rings (SSSR count). The molecule has 2 aromatic carbocycles. The second-order valence-corrected chi connectivity index (χ2v) is 10.4. The average molecular weight is 479 g/mol. The van der Waals surface area contributed by atoms with E-state index < -0.39 is 10.0 Å². The molecule has 164 valence electrons. The first-order valence-electron chi connectivity index (χ1n) is 9.82. The molecule has 1 atom stereocenters. The normalized spacial score (nSPS) is 18.5. The number of nitrogens with one attached hydrogen (secondary N) is 1. The monoisotopic (exact) mass is 478 g/mol. The van der Waals surface area contributed by atoms with Gasteiger partial charge in [-0.3, -0.25) is 9.52 Å². The summed E-state index contributed by atoms with van der Waals surface area (Å²) in [6, 6.07) is 11.9. The smallest absolute Gasteiger partial charge is 0.263 e. The number of hydrogen-bond acceptors (Lipinski definition) is 6. The number of amides is 1. The molecule has 0 aliphatic carbocycles. The minimum atomic E-state index is -3.72. The van der Waals surface area contributed by atoms with E-state index in [9.17, 15) is 13.2 Å². The number of carbonyl (C=O) groups excluding carboxylic acids is 1. The number of hydrogen-bond donors (Lipinski definition) is 1. The molecule has 2 aliphatic rings. The highest BCUT2D eigenvalue weighted by molar-refractivity contribution is 7.93. The number of sulfonamides is 1. The van der Waals surface area contributed by atoms with E-state index >= 15 is 0 Å². The van der Waals surface area contributed by atoms with Crippen molar-refractivity contribution in [3.8, 4) is 0 Å². The fraction of sp³-hybridized carbons (Fsp3) is 0.238. The molecular weight excluding hydrogens is 456 g/mol. The van der Waals surface area contributed by atoms with Gasteiger partial charge in [0.05, 0.1) is 4.90 Å². The van der Waals surface area contributed by atoms with Gasteiger partial charge in [0.1, 0.15) is 6.04 Å². The molecule has 0 unspecified atom stereocenters. The molecule has 1 saturated heterocycles. The first kappa shape index (κ1) is 20.3. The summed E-state index contributed by atoms with van der Waals surface area (Å²) in [5.41, 5.74) is 2.81.